The molecular formula is C34H35F3N6O5S. The summed E-state index contributed by atoms with van der Waals surface area (Å²) in [5, 5.41) is 33.0. The van der Waals surface area contributed by atoms with E-state index in [2.05, 4.69) is 15.2 Å². The molecule has 3 fully saturated rings. The largest absolute Gasteiger partial charge is 0.465 e. The van der Waals surface area contributed by atoms with Crippen molar-refractivity contribution in [2.75, 3.05) is 56.2 Å². The highest BCUT2D eigenvalue weighted by Crippen LogP contribution is 2.46. The molecule has 3 N–H and O–H groups in total. The van der Waals surface area contributed by atoms with Gasteiger partial charge in [0.15, 0.2) is 5.82 Å². The monoisotopic (exact) mass is 696 g/mol. The summed E-state index contributed by atoms with van der Waals surface area (Å²) >= 11 is 0.756. The number of halogens is 3. The number of amides is 1. The van der Waals surface area contributed by atoms with Gasteiger partial charge in [-0.15, -0.1) is 11.3 Å². The first kappa shape index (κ1) is 33.3. The van der Waals surface area contributed by atoms with Crippen molar-refractivity contribution in [3.8, 4) is 23.2 Å². The summed E-state index contributed by atoms with van der Waals surface area (Å²) in [6.07, 6.45) is -0.0966. The van der Waals surface area contributed by atoms with Crippen molar-refractivity contribution in [3.63, 3.8) is 0 Å². The summed E-state index contributed by atoms with van der Waals surface area (Å²) in [5.41, 5.74) is -1.18. The zero-order valence-electron chi connectivity index (χ0n) is 27.0. The van der Waals surface area contributed by atoms with Crippen LogP contribution in [-0.4, -0.2) is 94.5 Å². The van der Waals surface area contributed by atoms with Crippen LogP contribution in [0.5, 0.6) is 6.01 Å². The molecule has 7 rings (SSSR count). The molecular weight excluding hydrogens is 661 g/mol. The van der Waals surface area contributed by atoms with Gasteiger partial charge in [0.2, 0.25) is 0 Å². The highest BCUT2D eigenvalue weighted by atomic mass is 32.1. The fourth-order valence-electron chi connectivity index (χ4n) is 7.62. The molecule has 2 aromatic carbocycles. The van der Waals surface area contributed by atoms with Crippen molar-refractivity contribution in [1.29, 1.82) is 5.26 Å². The number of β-amino-alcohol motifs (C(OH)–C–C–N with tert-alkyl or cyclic N) is 1. The third-order valence-electron chi connectivity index (χ3n) is 9.73. The van der Waals surface area contributed by atoms with E-state index in [1.807, 2.05) is 17.9 Å². The van der Waals surface area contributed by atoms with Gasteiger partial charge in [-0.05, 0) is 56.0 Å². The summed E-state index contributed by atoms with van der Waals surface area (Å²) in [4.78, 5) is 24.7. The predicted molar refractivity (Wildman–Crippen MR) is 178 cm³/mol. The number of benzene rings is 2. The van der Waals surface area contributed by atoms with Crippen molar-refractivity contribution in [2.24, 2.45) is 0 Å². The second kappa shape index (κ2) is 12.6. The molecule has 3 saturated heterocycles. The quantitative estimate of drug-likeness (QED) is 0.215. The molecule has 0 radical (unpaired) electrons. The maximum Gasteiger partial charge on any atom is 0.409 e. The average Bonchev–Trinajstić information content (AvgIpc) is 3.66. The van der Waals surface area contributed by atoms with E-state index < -0.39 is 35.0 Å². The van der Waals surface area contributed by atoms with Crippen molar-refractivity contribution in [3.05, 3.63) is 41.0 Å². The minimum atomic E-state index is -1.43. The second-order valence-electron chi connectivity index (χ2n) is 13.3. The van der Waals surface area contributed by atoms with Crippen LogP contribution >= 0.6 is 11.3 Å². The molecule has 5 heterocycles. The van der Waals surface area contributed by atoms with E-state index in [9.17, 15) is 24.7 Å². The minimum absolute atomic E-state index is 0.00153. The average molecular weight is 697 g/mol. The van der Waals surface area contributed by atoms with Crippen molar-refractivity contribution in [2.45, 2.75) is 56.8 Å². The lowest BCUT2D eigenvalue weighted by molar-refractivity contribution is -0.0123. The number of nitrogens with zero attached hydrogens (tertiary/aromatic N) is 5. The molecule has 0 bridgehead atoms. The first-order valence-electron chi connectivity index (χ1n) is 16.2. The predicted octanol–water partition coefficient (Wildman–Crippen LogP) is 5.86. The van der Waals surface area contributed by atoms with Crippen LogP contribution < -0.4 is 15.0 Å². The first-order valence-corrected chi connectivity index (χ1v) is 17.0. The van der Waals surface area contributed by atoms with Crippen LogP contribution in [0.25, 0.3) is 32.1 Å². The van der Waals surface area contributed by atoms with Gasteiger partial charge >= 0.3 is 12.1 Å². The van der Waals surface area contributed by atoms with Crippen LogP contribution in [0.1, 0.15) is 44.2 Å². The Labute approximate surface area is 283 Å². The van der Waals surface area contributed by atoms with Crippen molar-refractivity contribution < 1.29 is 37.7 Å². The number of carbonyl (C=O) groups is 1. The molecule has 258 valence electrons. The normalized spacial score (nSPS) is 24.3. The van der Waals surface area contributed by atoms with Crippen LogP contribution in [0.3, 0.4) is 0 Å². The summed E-state index contributed by atoms with van der Waals surface area (Å²) in [6, 6.07) is 6.15. The molecule has 0 aliphatic carbocycles. The van der Waals surface area contributed by atoms with E-state index in [0.29, 0.717) is 42.7 Å². The minimum Gasteiger partial charge on any atom is -0.465 e. The van der Waals surface area contributed by atoms with Crippen LogP contribution in [0, 0.1) is 23.0 Å². The van der Waals surface area contributed by atoms with E-state index in [1.165, 1.54) is 6.07 Å². The van der Waals surface area contributed by atoms with Crippen LogP contribution in [0.4, 0.5) is 28.8 Å². The lowest BCUT2D eigenvalue weighted by Gasteiger charge is -2.31. The molecule has 1 amide bonds. The molecule has 4 aromatic rings. The zero-order chi connectivity index (χ0) is 34.7. The zero-order valence-corrected chi connectivity index (χ0v) is 27.8. The molecule has 0 spiro atoms. The fraction of sp³-hybridized carbons (Fsp3) is 0.471. The van der Waals surface area contributed by atoms with Crippen LogP contribution in [0.15, 0.2) is 18.2 Å². The SMILES string of the molecule is CCc1cc2c(N3CCOCC(C)(O)C3)nc(OC[C@@]34CCCN3C[C@H](F)C4)nc2c(F)c1-c1ccc(F)c2sc(NC(=O)O)c(C#N)c12. The second-order valence-corrected chi connectivity index (χ2v) is 14.3. The van der Waals surface area contributed by atoms with Gasteiger partial charge in [-0.1, -0.05) is 13.0 Å². The molecule has 49 heavy (non-hydrogen) atoms. The summed E-state index contributed by atoms with van der Waals surface area (Å²) in [6.45, 7) is 5.52. The highest BCUT2D eigenvalue weighted by molar-refractivity contribution is 7.23. The Morgan fingerprint density at radius 3 is 2.88 bits per heavy atom. The Bertz CT molecular complexity index is 2020. The van der Waals surface area contributed by atoms with Crippen molar-refractivity contribution in [1.82, 2.24) is 14.9 Å². The number of nitrogens with one attached hydrogen (secondary N) is 1. The molecule has 15 heteroatoms. The number of aromatic nitrogens is 2. The number of fused-ring (bicyclic) bond motifs is 3. The molecule has 2 aromatic heterocycles. The lowest BCUT2D eigenvalue weighted by Crippen LogP contribution is -2.44. The Morgan fingerprint density at radius 1 is 1.31 bits per heavy atom. The van der Waals surface area contributed by atoms with Gasteiger partial charge in [0.05, 0.1) is 35.6 Å². The molecule has 0 saturated carbocycles. The van der Waals surface area contributed by atoms with Crippen LogP contribution in [0.2, 0.25) is 0 Å². The number of thiophene rings is 1. The van der Waals surface area contributed by atoms with E-state index >= 15 is 8.78 Å². The number of ether oxygens (including phenoxy) is 2. The topological polar surface area (TPSA) is 144 Å². The number of hydrogen-bond acceptors (Lipinski definition) is 10. The van der Waals surface area contributed by atoms with Gasteiger partial charge in [0.1, 0.15) is 46.6 Å². The van der Waals surface area contributed by atoms with Gasteiger partial charge < -0.3 is 24.6 Å². The Morgan fingerprint density at radius 2 is 2.12 bits per heavy atom. The lowest BCUT2D eigenvalue weighted by atomic mass is 9.91. The molecule has 11 nitrogen and oxygen atoms in total. The summed E-state index contributed by atoms with van der Waals surface area (Å²) in [5.74, 6) is -1.12. The molecule has 3 atom stereocenters. The smallest absolute Gasteiger partial charge is 0.409 e. The van der Waals surface area contributed by atoms with Gasteiger partial charge in [-0.2, -0.15) is 15.2 Å². The number of aliphatic hydroxyl groups is 1. The first-order chi connectivity index (χ1) is 23.4. The van der Waals surface area contributed by atoms with Gasteiger partial charge in [-0.3, -0.25) is 10.2 Å². The third-order valence-corrected chi connectivity index (χ3v) is 10.8. The fourth-order valence-corrected chi connectivity index (χ4v) is 8.69. The Hall–Kier alpha value is -4.23. The number of aryl methyl sites for hydroxylation is 1. The summed E-state index contributed by atoms with van der Waals surface area (Å²) < 4.78 is 58.8. The number of anilines is 2. The number of hydrogen-bond donors (Lipinski definition) is 3. The van der Waals surface area contributed by atoms with E-state index in [-0.39, 0.29) is 69.7 Å². The van der Waals surface area contributed by atoms with Gasteiger partial charge in [0, 0.05) is 35.8 Å². The van der Waals surface area contributed by atoms with Crippen LogP contribution in [-0.2, 0) is 11.2 Å². The van der Waals surface area contributed by atoms with E-state index in [1.54, 1.807) is 13.0 Å². The number of rotatable bonds is 7. The maximum atomic E-state index is 17.3. The van der Waals surface area contributed by atoms with E-state index in [0.717, 1.165) is 36.8 Å². The number of nitriles is 1. The highest BCUT2D eigenvalue weighted by Gasteiger charge is 2.49. The number of alkyl halides is 1. The standard InChI is InChI=1S/C34H35F3N6O5S/c1-3-18-11-21-27(26(37)24(18)20-5-6-23(36)28-25(20)22(13-38)30(49-28)41-32(44)45)39-31(40-29(21)42-9-10-47-16-33(2,46)15-42)48-17-34-7-4-8-43(34)14-19(35)12-34/h5-6,11,19,41,46H,3-4,7-10,12,14-17H2,1-2H3,(H,44,45)/t19-,33?,34+/m1/s1. The third kappa shape index (κ3) is 5.90. The Kier molecular flexibility index (Phi) is 8.54. The molecule has 3 aliphatic heterocycles. The van der Waals surface area contributed by atoms with E-state index in [4.69, 9.17) is 14.5 Å². The van der Waals surface area contributed by atoms with Crippen molar-refractivity contribution >= 4 is 49.2 Å². The maximum absolute atomic E-state index is 17.3. The molecule has 3 aliphatic rings. The summed E-state index contributed by atoms with van der Waals surface area (Å²) in [7, 11) is 0. The molecule has 1 unspecified atom stereocenters. The Balaban J connectivity index is 1.43. The number of carboxylic acid groups (broad SMARTS) is 1. The van der Waals surface area contributed by atoms with Gasteiger partial charge in [-0.25, -0.2) is 18.0 Å². The van der Waals surface area contributed by atoms with Gasteiger partial charge in [0.25, 0.3) is 0 Å².